The second kappa shape index (κ2) is 4.55. The van der Waals surface area contributed by atoms with Crippen LogP contribution in [0.15, 0.2) is 47.2 Å². The molecule has 0 spiro atoms. The second-order valence-electron chi connectivity index (χ2n) is 3.18. The molecule has 2 nitrogen and oxygen atoms in total. The molecule has 0 bridgehead atoms. The second-order valence-corrected chi connectivity index (χ2v) is 4.03. The van der Waals surface area contributed by atoms with Crippen molar-refractivity contribution < 1.29 is 5.11 Å². The highest BCUT2D eigenvalue weighted by Gasteiger charge is 2.08. The normalized spacial score (nSPS) is 10.3. The van der Waals surface area contributed by atoms with Crippen LogP contribution in [0, 0.1) is 0 Å². The van der Waals surface area contributed by atoms with E-state index in [1.54, 1.807) is 12.4 Å². The monoisotopic (exact) mass is 263 g/mol. The summed E-state index contributed by atoms with van der Waals surface area (Å²) in [5.74, 6) is 0. The Morgan fingerprint density at radius 1 is 1.13 bits per heavy atom. The van der Waals surface area contributed by atoms with E-state index in [9.17, 15) is 5.11 Å². The zero-order chi connectivity index (χ0) is 10.7. The molecule has 1 aromatic heterocycles. The Kier molecular flexibility index (Phi) is 3.14. The fourth-order valence-corrected chi connectivity index (χ4v) is 2.12. The van der Waals surface area contributed by atoms with Crippen LogP contribution in [-0.4, -0.2) is 10.1 Å². The summed E-state index contributed by atoms with van der Waals surface area (Å²) in [6.45, 7) is -0.00331. The molecule has 0 fully saturated rings. The highest BCUT2D eigenvalue weighted by atomic mass is 79.9. The van der Waals surface area contributed by atoms with Crippen molar-refractivity contribution in [1.82, 2.24) is 4.98 Å². The largest absolute Gasteiger partial charge is 0.392 e. The van der Waals surface area contributed by atoms with E-state index in [0.717, 1.165) is 21.2 Å². The third-order valence-corrected chi connectivity index (χ3v) is 2.81. The summed E-state index contributed by atoms with van der Waals surface area (Å²) in [7, 11) is 0. The van der Waals surface area contributed by atoms with E-state index in [4.69, 9.17) is 0 Å². The Morgan fingerprint density at radius 3 is 2.53 bits per heavy atom. The van der Waals surface area contributed by atoms with Gasteiger partial charge in [-0.25, -0.2) is 0 Å². The summed E-state index contributed by atoms with van der Waals surface area (Å²) < 4.78 is 0.903. The van der Waals surface area contributed by atoms with Crippen molar-refractivity contribution in [1.29, 1.82) is 0 Å². The Bertz CT molecular complexity index is 456. The molecule has 0 radical (unpaired) electrons. The lowest BCUT2D eigenvalue weighted by Gasteiger charge is -2.08. The maximum Gasteiger partial charge on any atom is 0.0703 e. The van der Waals surface area contributed by atoms with Crippen molar-refractivity contribution in [2.24, 2.45) is 0 Å². The van der Waals surface area contributed by atoms with Gasteiger partial charge in [0.25, 0.3) is 0 Å². The van der Waals surface area contributed by atoms with E-state index >= 15 is 0 Å². The first-order chi connectivity index (χ1) is 7.33. The molecule has 3 heteroatoms. The van der Waals surface area contributed by atoms with Gasteiger partial charge in [-0.2, -0.15) is 0 Å². The Labute approximate surface area is 96.7 Å². The molecule has 0 amide bonds. The van der Waals surface area contributed by atoms with Gasteiger partial charge in [0.05, 0.1) is 6.61 Å². The van der Waals surface area contributed by atoms with Crippen molar-refractivity contribution in [2.45, 2.75) is 6.61 Å². The fourth-order valence-electron chi connectivity index (χ4n) is 1.52. The van der Waals surface area contributed by atoms with Crippen LogP contribution in [0.3, 0.4) is 0 Å². The van der Waals surface area contributed by atoms with E-state index in [-0.39, 0.29) is 6.61 Å². The predicted molar refractivity (Wildman–Crippen MR) is 63.3 cm³/mol. The van der Waals surface area contributed by atoms with Crippen molar-refractivity contribution in [3.63, 3.8) is 0 Å². The SMILES string of the molecule is OCc1cncc(Br)c1-c1ccccc1. The van der Waals surface area contributed by atoms with Crippen molar-refractivity contribution >= 4 is 15.9 Å². The lowest BCUT2D eigenvalue weighted by atomic mass is 10.0. The van der Waals surface area contributed by atoms with Gasteiger partial charge in [0, 0.05) is 28.0 Å². The quantitative estimate of drug-likeness (QED) is 0.904. The van der Waals surface area contributed by atoms with Gasteiger partial charge in [0.1, 0.15) is 0 Å². The minimum Gasteiger partial charge on any atom is -0.392 e. The molecule has 76 valence electrons. The Morgan fingerprint density at radius 2 is 1.87 bits per heavy atom. The maximum atomic E-state index is 9.24. The summed E-state index contributed by atoms with van der Waals surface area (Å²) in [5, 5.41) is 9.24. The summed E-state index contributed by atoms with van der Waals surface area (Å²) in [6.07, 6.45) is 3.43. The van der Waals surface area contributed by atoms with Gasteiger partial charge < -0.3 is 5.11 Å². The third-order valence-electron chi connectivity index (χ3n) is 2.21. The number of nitrogens with zero attached hydrogens (tertiary/aromatic N) is 1. The summed E-state index contributed by atoms with van der Waals surface area (Å²) >= 11 is 3.45. The average Bonchev–Trinajstić information content (AvgIpc) is 2.29. The molecule has 1 heterocycles. The summed E-state index contributed by atoms with van der Waals surface area (Å²) in [4.78, 5) is 4.03. The van der Waals surface area contributed by atoms with Crippen LogP contribution in [0.5, 0.6) is 0 Å². The molecular formula is C12H10BrNO. The van der Waals surface area contributed by atoms with Crippen LogP contribution >= 0.6 is 15.9 Å². The van der Waals surface area contributed by atoms with Gasteiger partial charge in [0.2, 0.25) is 0 Å². The molecule has 1 N–H and O–H groups in total. The number of aliphatic hydroxyl groups is 1. The van der Waals surface area contributed by atoms with Crippen molar-refractivity contribution in [3.8, 4) is 11.1 Å². The average molecular weight is 264 g/mol. The van der Waals surface area contributed by atoms with Crippen molar-refractivity contribution in [2.75, 3.05) is 0 Å². The molecule has 0 aliphatic heterocycles. The molecule has 0 aliphatic rings. The Hall–Kier alpha value is -1.19. The minimum absolute atomic E-state index is 0.00331. The zero-order valence-corrected chi connectivity index (χ0v) is 9.61. The predicted octanol–water partition coefficient (Wildman–Crippen LogP) is 3.00. The highest BCUT2D eigenvalue weighted by molar-refractivity contribution is 9.10. The Balaban J connectivity index is 2.61. The number of aliphatic hydroxyl groups excluding tert-OH is 1. The van der Waals surface area contributed by atoms with Crippen LogP contribution in [0.1, 0.15) is 5.56 Å². The lowest BCUT2D eigenvalue weighted by molar-refractivity contribution is 0.282. The molecule has 0 unspecified atom stereocenters. The van der Waals surface area contributed by atoms with Crippen LogP contribution in [0.2, 0.25) is 0 Å². The van der Waals surface area contributed by atoms with E-state index < -0.39 is 0 Å². The first-order valence-corrected chi connectivity index (χ1v) is 5.41. The number of halogens is 1. The molecule has 0 aliphatic carbocycles. The van der Waals surface area contributed by atoms with E-state index in [1.807, 2.05) is 30.3 Å². The first kappa shape index (κ1) is 10.3. The number of aromatic nitrogens is 1. The van der Waals surface area contributed by atoms with Gasteiger partial charge in [-0.3, -0.25) is 4.98 Å². The van der Waals surface area contributed by atoms with Gasteiger partial charge in [-0.05, 0) is 21.5 Å². The molecular weight excluding hydrogens is 254 g/mol. The smallest absolute Gasteiger partial charge is 0.0703 e. The molecule has 0 saturated carbocycles. The van der Waals surface area contributed by atoms with Crippen LogP contribution in [-0.2, 0) is 6.61 Å². The van der Waals surface area contributed by atoms with Gasteiger partial charge in [0.15, 0.2) is 0 Å². The number of hydrogen-bond donors (Lipinski definition) is 1. The standard InChI is InChI=1S/C12H10BrNO/c13-11-7-14-6-10(8-15)12(11)9-4-2-1-3-5-9/h1-7,15H,8H2. The molecule has 15 heavy (non-hydrogen) atoms. The minimum atomic E-state index is -0.00331. The maximum absolute atomic E-state index is 9.24. The highest BCUT2D eigenvalue weighted by Crippen LogP contribution is 2.30. The van der Waals surface area contributed by atoms with Gasteiger partial charge in [-0.15, -0.1) is 0 Å². The zero-order valence-electron chi connectivity index (χ0n) is 8.02. The van der Waals surface area contributed by atoms with Crippen LogP contribution in [0.4, 0.5) is 0 Å². The molecule has 0 atom stereocenters. The van der Waals surface area contributed by atoms with E-state index in [1.165, 1.54) is 0 Å². The molecule has 0 saturated heterocycles. The third kappa shape index (κ3) is 2.08. The van der Waals surface area contributed by atoms with Gasteiger partial charge >= 0.3 is 0 Å². The molecule has 2 aromatic rings. The van der Waals surface area contributed by atoms with Crippen LogP contribution in [0.25, 0.3) is 11.1 Å². The number of pyridine rings is 1. The fraction of sp³-hybridized carbons (Fsp3) is 0.0833. The van der Waals surface area contributed by atoms with E-state index in [2.05, 4.69) is 20.9 Å². The lowest BCUT2D eigenvalue weighted by Crippen LogP contribution is -1.92. The molecule has 1 aromatic carbocycles. The van der Waals surface area contributed by atoms with Crippen LogP contribution < -0.4 is 0 Å². The van der Waals surface area contributed by atoms with Gasteiger partial charge in [-0.1, -0.05) is 30.3 Å². The first-order valence-electron chi connectivity index (χ1n) is 4.61. The number of rotatable bonds is 2. The summed E-state index contributed by atoms with van der Waals surface area (Å²) in [6, 6.07) is 9.95. The summed E-state index contributed by atoms with van der Waals surface area (Å²) in [5.41, 5.74) is 2.92. The van der Waals surface area contributed by atoms with Crippen molar-refractivity contribution in [3.05, 3.63) is 52.8 Å². The number of hydrogen-bond acceptors (Lipinski definition) is 2. The molecule has 2 rings (SSSR count). The topological polar surface area (TPSA) is 33.1 Å². The van der Waals surface area contributed by atoms with E-state index in [0.29, 0.717) is 0 Å². The number of benzene rings is 1.